The van der Waals surface area contributed by atoms with Crippen LogP contribution in [0.1, 0.15) is 43.4 Å². The van der Waals surface area contributed by atoms with Crippen LogP contribution in [-0.4, -0.2) is 50.2 Å². The first-order valence-electron chi connectivity index (χ1n) is 11.2. The molecule has 2 fully saturated rings. The molecule has 5 rings (SSSR count). The molecule has 2 aliphatic rings. The van der Waals surface area contributed by atoms with Crippen LogP contribution in [0.4, 0.5) is 10.2 Å². The molecule has 9 heteroatoms. The fraction of sp³-hybridized carbons (Fsp3) is 0.417. The molecular formula is C24H26BrFN6O. The summed E-state index contributed by atoms with van der Waals surface area (Å²) in [4.78, 5) is 26.9. The number of rotatable bonds is 4. The van der Waals surface area contributed by atoms with E-state index in [1.165, 1.54) is 16.4 Å². The van der Waals surface area contributed by atoms with Crippen LogP contribution in [0.2, 0.25) is 0 Å². The van der Waals surface area contributed by atoms with Crippen LogP contribution < -0.4 is 4.90 Å². The molecule has 0 N–H and O–H groups in total. The van der Waals surface area contributed by atoms with Gasteiger partial charge in [0.2, 0.25) is 5.91 Å². The van der Waals surface area contributed by atoms with Crippen molar-refractivity contribution >= 4 is 27.7 Å². The molecule has 0 aliphatic carbocycles. The van der Waals surface area contributed by atoms with Crippen LogP contribution in [0.3, 0.4) is 0 Å². The predicted molar refractivity (Wildman–Crippen MR) is 127 cm³/mol. The number of pyridine rings is 2. The summed E-state index contributed by atoms with van der Waals surface area (Å²) >= 11 is 3.49. The summed E-state index contributed by atoms with van der Waals surface area (Å²) in [5.41, 5.74) is 1.84. The predicted octanol–water partition coefficient (Wildman–Crippen LogP) is 4.45. The minimum atomic E-state index is -0.404. The molecule has 3 aromatic rings. The fourth-order valence-corrected chi connectivity index (χ4v) is 5.54. The van der Waals surface area contributed by atoms with Crippen molar-refractivity contribution in [2.24, 2.45) is 5.41 Å². The number of hydrogen-bond acceptors (Lipinski definition) is 5. The first-order valence-corrected chi connectivity index (χ1v) is 12.0. The summed E-state index contributed by atoms with van der Waals surface area (Å²) in [6, 6.07) is 7.78. The molecule has 0 aromatic carbocycles. The summed E-state index contributed by atoms with van der Waals surface area (Å²) in [5.74, 6) is 1.35. The average molecular weight is 513 g/mol. The molecule has 0 unspecified atom stereocenters. The molecule has 1 amide bonds. The second-order valence-corrected chi connectivity index (χ2v) is 9.88. The SMILES string of the molecule is Cc1cc(Br)nc(N2CCC3(CC2)CCN([C@@H](C)c2ccc(-n4cc(F)cn4)nc2)C3=O)c1. The van der Waals surface area contributed by atoms with Gasteiger partial charge in [0.05, 0.1) is 23.9 Å². The van der Waals surface area contributed by atoms with Gasteiger partial charge < -0.3 is 9.80 Å². The highest BCUT2D eigenvalue weighted by atomic mass is 79.9. The quantitative estimate of drug-likeness (QED) is 0.483. The molecule has 0 radical (unpaired) electrons. The standard InChI is InChI=1S/C24H26BrFN6O/c1-16-11-20(25)29-22(12-16)30-8-5-24(6-9-30)7-10-31(23(24)33)17(2)18-3-4-21(27-13-18)32-15-19(26)14-28-32/h3-4,11-15,17H,5-10H2,1-2H3/t17-/m0/s1. The van der Waals surface area contributed by atoms with Crippen molar-refractivity contribution < 1.29 is 9.18 Å². The molecule has 1 atom stereocenters. The van der Waals surface area contributed by atoms with Crippen LogP contribution in [0.5, 0.6) is 0 Å². The third-order valence-corrected chi connectivity index (χ3v) is 7.43. The second kappa shape index (κ2) is 8.52. The highest BCUT2D eigenvalue weighted by molar-refractivity contribution is 9.10. The van der Waals surface area contributed by atoms with E-state index in [9.17, 15) is 9.18 Å². The monoisotopic (exact) mass is 512 g/mol. The van der Waals surface area contributed by atoms with Crippen molar-refractivity contribution in [3.63, 3.8) is 0 Å². The van der Waals surface area contributed by atoms with Crippen molar-refractivity contribution in [3.05, 3.63) is 64.4 Å². The number of carbonyl (C=O) groups excluding carboxylic acids is 1. The van der Waals surface area contributed by atoms with Gasteiger partial charge in [-0.15, -0.1) is 0 Å². The van der Waals surface area contributed by atoms with E-state index in [0.717, 1.165) is 61.1 Å². The first kappa shape index (κ1) is 22.0. The van der Waals surface area contributed by atoms with Crippen LogP contribution in [0, 0.1) is 18.2 Å². The summed E-state index contributed by atoms with van der Waals surface area (Å²) < 4.78 is 15.5. The Morgan fingerprint density at radius 2 is 1.85 bits per heavy atom. The van der Waals surface area contributed by atoms with Gasteiger partial charge in [0.1, 0.15) is 10.4 Å². The van der Waals surface area contributed by atoms with Gasteiger partial charge in [-0.05, 0) is 78.4 Å². The van der Waals surface area contributed by atoms with Crippen molar-refractivity contribution in [1.82, 2.24) is 24.6 Å². The zero-order valence-electron chi connectivity index (χ0n) is 18.7. The molecule has 2 saturated heterocycles. The number of likely N-dealkylation sites (tertiary alicyclic amines) is 1. The zero-order valence-corrected chi connectivity index (χ0v) is 20.3. The normalized spacial score (nSPS) is 18.8. The number of anilines is 1. The number of nitrogens with zero attached hydrogens (tertiary/aromatic N) is 6. The number of halogens is 2. The van der Waals surface area contributed by atoms with E-state index in [1.54, 1.807) is 12.3 Å². The third kappa shape index (κ3) is 4.14. The number of hydrogen-bond donors (Lipinski definition) is 0. The lowest BCUT2D eigenvalue weighted by atomic mass is 9.77. The maximum Gasteiger partial charge on any atom is 0.229 e. The first-order chi connectivity index (χ1) is 15.8. The van der Waals surface area contributed by atoms with Crippen molar-refractivity contribution in [1.29, 1.82) is 0 Å². The average Bonchev–Trinajstić information content (AvgIpc) is 3.37. The third-order valence-electron chi connectivity index (χ3n) is 7.02. The Balaban J connectivity index is 1.26. The molecule has 33 heavy (non-hydrogen) atoms. The molecule has 0 saturated carbocycles. The lowest BCUT2D eigenvalue weighted by Crippen LogP contribution is -2.45. The van der Waals surface area contributed by atoms with Gasteiger partial charge in [-0.2, -0.15) is 5.10 Å². The zero-order chi connectivity index (χ0) is 23.2. The molecule has 1 spiro atoms. The number of carbonyl (C=O) groups is 1. The van der Waals surface area contributed by atoms with Gasteiger partial charge in [0.25, 0.3) is 0 Å². The van der Waals surface area contributed by atoms with E-state index in [-0.39, 0.29) is 17.4 Å². The second-order valence-electron chi connectivity index (χ2n) is 9.07. The van der Waals surface area contributed by atoms with Crippen LogP contribution in [-0.2, 0) is 4.79 Å². The summed E-state index contributed by atoms with van der Waals surface area (Å²) in [5, 5.41) is 3.95. The Bertz CT molecular complexity index is 1150. The Morgan fingerprint density at radius 1 is 1.09 bits per heavy atom. The topological polar surface area (TPSA) is 67.2 Å². The van der Waals surface area contributed by atoms with Gasteiger partial charge in [-0.1, -0.05) is 6.07 Å². The number of amides is 1. The highest BCUT2D eigenvalue weighted by Crippen LogP contribution is 2.44. The molecule has 2 aliphatic heterocycles. The lowest BCUT2D eigenvalue weighted by molar-refractivity contribution is -0.138. The van der Waals surface area contributed by atoms with Crippen LogP contribution in [0.15, 0.2) is 47.5 Å². The molecule has 172 valence electrons. The Hall–Kier alpha value is -2.81. The Morgan fingerprint density at radius 3 is 2.48 bits per heavy atom. The largest absolute Gasteiger partial charge is 0.357 e. The Labute approximate surface area is 200 Å². The molecule has 0 bridgehead atoms. The Kier molecular flexibility index (Phi) is 5.68. The van der Waals surface area contributed by atoms with Gasteiger partial charge in [-0.3, -0.25) is 4.79 Å². The molecule has 5 heterocycles. The van der Waals surface area contributed by atoms with E-state index in [2.05, 4.69) is 48.9 Å². The minimum absolute atomic E-state index is 0.0693. The van der Waals surface area contributed by atoms with E-state index < -0.39 is 5.82 Å². The van der Waals surface area contributed by atoms with Crippen molar-refractivity contribution in [3.8, 4) is 5.82 Å². The van der Waals surface area contributed by atoms with Crippen molar-refractivity contribution in [2.45, 2.75) is 39.2 Å². The minimum Gasteiger partial charge on any atom is -0.357 e. The molecule has 3 aromatic heterocycles. The van der Waals surface area contributed by atoms with Gasteiger partial charge >= 0.3 is 0 Å². The molecular weight excluding hydrogens is 487 g/mol. The van der Waals surface area contributed by atoms with E-state index >= 15 is 0 Å². The van der Waals surface area contributed by atoms with Gasteiger partial charge in [0.15, 0.2) is 11.6 Å². The van der Waals surface area contributed by atoms with E-state index in [0.29, 0.717) is 5.82 Å². The van der Waals surface area contributed by atoms with Crippen LogP contribution in [0.25, 0.3) is 5.82 Å². The van der Waals surface area contributed by atoms with Gasteiger partial charge in [0, 0.05) is 25.8 Å². The van der Waals surface area contributed by atoms with Gasteiger partial charge in [-0.25, -0.2) is 19.0 Å². The number of aryl methyl sites for hydroxylation is 1. The smallest absolute Gasteiger partial charge is 0.229 e. The summed E-state index contributed by atoms with van der Waals surface area (Å²) in [6.07, 6.45) is 6.75. The van der Waals surface area contributed by atoms with E-state index in [4.69, 9.17) is 0 Å². The highest BCUT2D eigenvalue weighted by Gasteiger charge is 2.49. The lowest BCUT2D eigenvalue weighted by Gasteiger charge is -2.39. The summed E-state index contributed by atoms with van der Waals surface area (Å²) in [7, 11) is 0. The van der Waals surface area contributed by atoms with Crippen LogP contribution >= 0.6 is 15.9 Å². The maximum atomic E-state index is 13.5. The number of aromatic nitrogens is 4. The van der Waals surface area contributed by atoms with Crippen molar-refractivity contribution in [2.75, 3.05) is 24.5 Å². The fourth-order valence-electron chi connectivity index (χ4n) is 5.00. The summed E-state index contributed by atoms with van der Waals surface area (Å²) in [6.45, 7) is 6.52. The number of piperidine rings is 1. The van der Waals surface area contributed by atoms with E-state index in [1.807, 2.05) is 24.0 Å². The molecule has 7 nitrogen and oxygen atoms in total. The maximum absolute atomic E-state index is 13.5.